The first-order valence-electron chi connectivity index (χ1n) is 11.2. The molecule has 1 atom stereocenters. The van der Waals surface area contributed by atoms with E-state index < -0.39 is 24.0 Å². The van der Waals surface area contributed by atoms with Gasteiger partial charge in [0.05, 0.1) is 20.8 Å². The molecule has 1 heterocycles. The molecule has 180 valence electrons. The van der Waals surface area contributed by atoms with E-state index in [9.17, 15) is 14.4 Å². The molecule has 1 fully saturated rings. The Balaban J connectivity index is 1.53. The van der Waals surface area contributed by atoms with Crippen LogP contribution in [0.2, 0.25) is 0 Å². The third-order valence-electron chi connectivity index (χ3n) is 5.89. The molecule has 4 rings (SSSR count). The van der Waals surface area contributed by atoms with Crippen LogP contribution in [0.15, 0.2) is 78.9 Å². The van der Waals surface area contributed by atoms with E-state index in [1.165, 1.54) is 0 Å². The Hall–Kier alpha value is -4.33. The first-order chi connectivity index (χ1) is 17.0. The van der Waals surface area contributed by atoms with E-state index in [2.05, 4.69) is 5.32 Å². The maximum Gasteiger partial charge on any atom is 0.335 e. The van der Waals surface area contributed by atoms with Crippen LogP contribution >= 0.6 is 0 Å². The highest BCUT2D eigenvalue weighted by atomic mass is 16.5. The van der Waals surface area contributed by atoms with Gasteiger partial charge in [-0.2, -0.15) is 0 Å². The number of ether oxygens (including phenoxy) is 2. The summed E-state index contributed by atoms with van der Waals surface area (Å²) >= 11 is 0. The quantitative estimate of drug-likeness (QED) is 0.500. The fourth-order valence-electron chi connectivity index (χ4n) is 3.96. The number of carbonyl (C=O) groups is 3. The van der Waals surface area contributed by atoms with Gasteiger partial charge in [-0.25, -0.2) is 14.5 Å². The van der Waals surface area contributed by atoms with Crippen LogP contribution in [-0.4, -0.2) is 48.0 Å². The standard InChI is InChI=1S/C27H27N3O5/c1-34-22-12-8-20(9-13-22)17-28-26(32)30-24(16-19-6-4-3-5-7-19)25(31)29(27(30)33)18-21-10-14-23(35-2)15-11-21/h3-15,24H,16-18H2,1-2H3,(H,28,32)/t24-/m0/s1. The number of nitrogens with zero attached hydrogens (tertiary/aromatic N) is 2. The lowest BCUT2D eigenvalue weighted by Crippen LogP contribution is -2.47. The van der Waals surface area contributed by atoms with Crippen molar-refractivity contribution in [3.05, 3.63) is 95.6 Å². The van der Waals surface area contributed by atoms with Crippen molar-refractivity contribution in [1.82, 2.24) is 15.1 Å². The second-order valence-electron chi connectivity index (χ2n) is 8.14. The number of carbonyl (C=O) groups excluding carboxylic acids is 3. The summed E-state index contributed by atoms with van der Waals surface area (Å²) in [4.78, 5) is 42.0. The smallest absolute Gasteiger partial charge is 0.335 e. The predicted molar refractivity (Wildman–Crippen MR) is 130 cm³/mol. The maximum atomic E-state index is 13.4. The average Bonchev–Trinajstić information content (AvgIpc) is 3.12. The number of benzene rings is 3. The largest absolute Gasteiger partial charge is 0.497 e. The van der Waals surface area contributed by atoms with Gasteiger partial charge in [-0.3, -0.25) is 9.69 Å². The number of urea groups is 2. The summed E-state index contributed by atoms with van der Waals surface area (Å²) in [7, 11) is 3.15. The molecule has 1 N–H and O–H groups in total. The molecule has 0 spiro atoms. The lowest BCUT2D eigenvalue weighted by Gasteiger charge is -2.20. The SMILES string of the molecule is COc1ccc(CNC(=O)N2C(=O)N(Cc3ccc(OC)cc3)C(=O)[C@@H]2Cc2ccccc2)cc1. The van der Waals surface area contributed by atoms with E-state index in [-0.39, 0.29) is 19.5 Å². The summed E-state index contributed by atoms with van der Waals surface area (Å²) in [5, 5.41) is 2.77. The second kappa shape index (κ2) is 10.7. The molecule has 1 saturated heterocycles. The molecule has 8 heteroatoms. The Morgan fingerprint density at radius 1 is 0.800 bits per heavy atom. The Labute approximate surface area is 204 Å². The van der Waals surface area contributed by atoms with Crippen LogP contribution in [0.4, 0.5) is 9.59 Å². The normalized spacial score (nSPS) is 15.3. The lowest BCUT2D eigenvalue weighted by molar-refractivity contribution is -0.128. The molecular weight excluding hydrogens is 446 g/mol. The highest BCUT2D eigenvalue weighted by molar-refractivity contribution is 6.11. The van der Waals surface area contributed by atoms with Gasteiger partial charge in [-0.1, -0.05) is 54.6 Å². The number of hydrogen-bond acceptors (Lipinski definition) is 5. The second-order valence-corrected chi connectivity index (χ2v) is 8.14. The van der Waals surface area contributed by atoms with Gasteiger partial charge < -0.3 is 14.8 Å². The van der Waals surface area contributed by atoms with Gasteiger partial charge in [0.15, 0.2) is 0 Å². The molecule has 35 heavy (non-hydrogen) atoms. The zero-order valence-electron chi connectivity index (χ0n) is 19.6. The third-order valence-corrected chi connectivity index (χ3v) is 5.89. The van der Waals surface area contributed by atoms with Gasteiger partial charge in [0.1, 0.15) is 17.5 Å². The topological polar surface area (TPSA) is 88.2 Å². The summed E-state index contributed by atoms with van der Waals surface area (Å²) in [6.45, 7) is 0.270. The van der Waals surface area contributed by atoms with Crippen molar-refractivity contribution < 1.29 is 23.9 Å². The van der Waals surface area contributed by atoms with Gasteiger partial charge in [0, 0.05) is 13.0 Å². The van der Waals surface area contributed by atoms with E-state index in [0.717, 1.165) is 26.5 Å². The van der Waals surface area contributed by atoms with Crippen LogP contribution in [-0.2, 0) is 24.3 Å². The summed E-state index contributed by atoms with van der Waals surface area (Å²) in [6, 6.07) is 21.5. The van der Waals surface area contributed by atoms with E-state index >= 15 is 0 Å². The molecule has 0 aliphatic carbocycles. The van der Waals surface area contributed by atoms with E-state index in [0.29, 0.717) is 11.5 Å². The first-order valence-corrected chi connectivity index (χ1v) is 11.2. The zero-order chi connectivity index (χ0) is 24.8. The number of methoxy groups -OCH3 is 2. The first kappa shape index (κ1) is 23.8. The van der Waals surface area contributed by atoms with Crippen LogP contribution in [0.5, 0.6) is 11.5 Å². The van der Waals surface area contributed by atoms with E-state index in [4.69, 9.17) is 9.47 Å². The average molecular weight is 474 g/mol. The number of nitrogens with one attached hydrogen (secondary N) is 1. The van der Waals surface area contributed by atoms with Gasteiger partial charge in [0.25, 0.3) is 5.91 Å². The Bertz CT molecular complexity index is 1180. The predicted octanol–water partition coefficient (Wildman–Crippen LogP) is 3.99. The van der Waals surface area contributed by atoms with Crippen LogP contribution in [0.1, 0.15) is 16.7 Å². The van der Waals surface area contributed by atoms with Crippen molar-refractivity contribution in [2.45, 2.75) is 25.6 Å². The molecule has 5 amide bonds. The summed E-state index contributed by atoms with van der Waals surface area (Å²) in [5.41, 5.74) is 2.45. The van der Waals surface area contributed by atoms with Crippen molar-refractivity contribution in [2.75, 3.05) is 14.2 Å². The summed E-state index contributed by atoms with van der Waals surface area (Å²) in [6.07, 6.45) is 0.237. The molecule has 8 nitrogen and oxygen atoms in total. The van der Waals surface area contributed by atoms with Gasteiger partial charge >= 0.3 is 12.1 Å². The Morgan fingerprint density at radius 3 is 1.94 bits per heavy atom. The molecule has 0 radical (unpaired) electrons. The van der Waals surface area contributed by atoms with Gasteiger partial charge in [-0.05, 0) is 41.0 Å². The molecule has 1 aliphatic rings. The van der Waals surface area contributed by atoms with Crippen molar-refractivity contribution in [1.29, 1.82) is 0 Å². The van der Waals surface area contributed by atoms with Crippen LogP contribution in [0.25, 0.3) is 0 Å². The molecule has 0 unspecified atom stereocenters. The summed E-state index contributed by atoms with van der Waals surface area (Å²) < 4.78 is 10.3. The fourth-order valence-corrected chi connectivity index (χ4v) is 3.96. The summed E-state index contributed by atoms with van der Waals surface area (Å²) in [5.74, 6) is 0.973. The van der Waals surface area contributed by atoms with E-state index in [1.54, 1.807) is 50.6 Å². The Kier molecular flexibility index (Phi) is 7.30. The van der Waals surface area contributed by atoms with E-state index in [1.807, 2.05) is 42.5 Å². The van der Waals surface area contributed by atoms with Crippen molar-refractivity contribution in [3.63, 3.8) is 0 Å². The highest BCUT2D eigenvalue weighted by Crippen LogP contribution is 2.24. The van der Waals surface area contributed by atoms with Gasteiger partial charge in [0.2, 0.25) is 0 Å². The zero-order valence-corrected chi connectivity index (χ0v) is 19.6. The number of rotatable bonds is 8. The number of hydrogen-bond donors (Lipinski definition) is 1. The van der Waals surface area contributed by atoms with Crippen molar-refractivity contribution >= 4 is 18.0 Å². The minimum atomic E-state index is -0.931. The van der Waals surface area contributed by atoms with Crippen LogP contribution < -0.4 is 14.8 Å². The molecule has 1 aliphatic heterocycles. The molecule has 3 aromatic rings. The van der Waals surface area contributed by atoms with Crippen LogP contribution in [0, 0.1) is 0 Å². The molecule has 0 saturated carbocycles. The number of amides is 5. The van der Waals surface area contributed by atoms with Crippen molar-refractivity contribution in [3.8, 4) is 11.5 Å². The minimum Gasteiger partial charge on any atom is -0.497 e. The fraction of sp³-hybridized carbons (Fsp3) is 0.222. The third kappa shape index (κ3) is 5.43. The molecule has 0 aromatic heterocycles. The lowest BCUT2D eigenvalue weighted by atomic mass is 10.1. The monoisotopic (exact) mass is 473 g/mol. The Morgan fingerprint density at radius 2 is 1.37 bits per heavy atom. The molecule has 3 aromatic carbocycles. The minimum absolute atomic E-state index is 0.0647. The van der Waals surface area contributed by atoms with Crippen molar-refractivity contribution in [2.24, 2.45) is 0 Å². The molecular formula is C27H27N3O5. The van der Waals surface area contributed by atoms with Gasteiger partial charge in [-0.15, -0.1) is 0 Å². The van der Waals surface area contributed by atoms with Crippen LogP contribution in [0.3, 0.4) is 0 Å². The molecule has 0 bridgehead atoms. The number of imide groups is 2. The highest BCUT2D eigenvalue weighted by Gasteiger charge is 2.48. The maximum absolute atomic E-state index is 13.4.